The number of nitrogens with one attached hydrogen (secondary N) is 1. The van der Waals surface area contributed by atoms with Crippen LogP contribution in [-0.4, -0.2) is 14.9 Å². The molecule has 0 atom stereocenters. The van der Waals surface area contributed by atoms with E-state index in [9.17, 15) is 14.5 Å². The maximum absolute atomic E-state index is 12.9. The van der Waals surface area contributed by atoms with Crippen molar-refractivity contribution in [2.24, 2.45) is 0 Å². The molecule has 1 heterocycles. The predicted octanol–water partition coefficient (Wildman–Crippen LogP) is 4.29. The summed E-state index contributed by atoms with van der Waals surface area (Å²) in [7, 11) is 0. The molecule has 0 bridgehead atoms. The van der Waals surface area contributed by atoms with Gasteiger partial charge in [-0.25, -0.2) is 14.4 Å². The van der Waals surface area contributed by atoms with Crippen LogP contribution in [0.25, 0.3) is 0 Å². The smallest absolute Gasteiger partial charge is 0.343 e. The minimum atomic E-state index is -0.502. The molecule has 0 saturated heterocycles. The summed E-state index contributed by atoms with van der Waals surface area (Å²) in [5, 5.41) is 14.7. The average Bonchev–Trinajstić information content (AvgIpc) is 2.62. The largest absolute Gasteiger partial charge is 0.360 e. The highest BCUT2D eigenvalue weighted by Gasteiger charge is 2.23. The van der Waals surface area contributed by atoms with Crippen LogP contribution >= 0.6 is 11.8 Å². The molecule has 0 aliphatic rings. The Balaban J connectivity index is 1.84. The van der Waals surface area contributed by atoms with E-state index in [1.165, 1.54) is 30.2 Å². The van der Waals surface area contributed by atoms with Crippen LogP contribution in [0, 0.1) is 15.9 Å². The van der Waals surface area contributed by atoms with Gasteiger partial charge in [-0.15, -0.1) is 0 Å². The van der Waals surface area contributed by atoms with E-state index in [0.29, 0.717) is 0 Å². The van der Waals surface area contributed by atoms with E-state index in [0.717, 1.165) is 10.5 Å². The highest BCUT2D eigenvalue weighted by Crippen LogP contribution is 2.36. The zero-order valence-corrected chi connectivity index (χ0v) is 13.7. The molecule has 0 spiro atoms. The van der Waals surface area contributed by atoms with Gasteiger partial charge >= 0.3 is 5.69 Å². The minimum absolute atomic E-state index is 0.128. The number of hydrogen-bond acceptors (Lipinski definition) is 6. The van der Waals surface area contributed by atoms with Crippen LogP contribution in [-0.2, 0) is 6.54 Å². The second-order valence-corrected chi connectivity index (χ2v) is 6.09. The number of rotatable bonds is 6. The lowest BCUT2D eigenvalue weighted by atomic mass is 10.2. The van der Waals surface area contributed by atoms with E-state index in [4.69, 9.17) is 0 Å². The van der Waals surface area contributed by atoms with Gasteiger partial charge in [0.25, 0.3) is 0 Å². The van der Waals surface area contributed by atoms with Crippen LogP contribution in [0.2, 0.25) is 0 Å². The summed E-state index contributed by atoms with van der Waals surface area (Å²) in [6, 6.07) is 15.2. The van der Waals surface area contributed by atoms with Gasteiger partial charge in [-0.05, 0) is 29.8 Å². The summed E-state index contributed by atoms with van der Waals surface area (Å²) >= 11 is 1.20. The molecule has 0 unspecified atom stereocenters. The van der Waals surface area contributed by atoms with Gasteiger partial charge in [-0.2, -0.15) is 0 Å². The van der Waals surface area contributed by atoms with Gasteiger partial charge in [0.15, 0.2) is 5.03 Å². The lowest BCUT2D eigenvalue weighted by Crippen LogP contribution is -2.06. The highest BCUT2D eigenvalue weighted by atomic mass is 32.2. The van der Waals surface area contributed by atoms with Crippen LogP contribution in [0.1, 0.15) is 5.56 Å². The Morgan fingerprint density at radius 2 is 1.80 bits per heavy atom. The maximum atomic E-state index is 12.9. The lowest BCUT2D eigenvalue weighted by molar-refractivity contribution is -0.387. The van der Waals surface area contributed by atoms with Crippen molar-refractivity contribution in [3.05, 3.63) is 82.4 Å². The first-order valence-corrected chi connectivity index (χ1v) is 8.16. The zero-order chi connectivity index (χ0) is 17.6. The van der Waals surface area contributed by atoms with E-state index in [2.05, 4.69) is 15.3 Å². The molecule has 1 aromatic heterocycles. The molecule has 0 saturated carbocycles. The Labute approximate surface area is 147 Å². The topological polar surface area (TPSA) is 81.0 Å². The van der Waals surface area contributed by atoms with Crippen LogP contribution < -0.4 is 5.32 Å². The van der Waals surface area contributed by atoms with Gasteiger partial charge in [0.1, 0.15) is 12.1 Å². The molecule has 126 valence electrons. The molecule has 1 N–H and O–H groups in total. The Morgan fingerprint density at radius 3 is 2.48 bits per heavy atom. The lowest BCUT2D eigenvalue weighted by Gasteiger charge is -2.08. The summed E-state index contributed by atoms with van der Waals surface area (Å²) in [5.74, 6) is -0.207. The Hall–Kier alpha value is -3.00. The van der Waals surface area contributed by atoms with Crippen molar-refractivity contribution < 1.29 is 9.31 Å². The van der Waals surface area contributed by atoms with Crippen LogP contribution in [0.5, 0.6) is 0 Å². The summed E-state index contributed by atoms with van der Waals surface area (Å²) in [6.45, 7) is 0.285. The Bertz CT molecular complexity index is 876. The highest BCUT2D eigenvalue weighted by molar-refractivity contribution is 7.99. The molecule has 6 nitrogen and oxygen atoms in total. The molecule has 0 radical (unpaired) electrons. The zero-order valence-electron chi connectivity index (χ0n) is 12.9. The third-order valence-corrected chi connectivity index (χ3v) is 4.30. The fourth-order valence-electron chi connectivity index (χ4n) is 2.12. The van der Waals surface area contributed by atoms with Gasteiger partial charge in [0, 0.05) is 11.4 Å². The fourth-order valence-corrected chi connectivity index (χ4v) is 3.00. The van der Waals surface area contributed by atoms with Crippen LogP contribution in [0.4, 0.5) is 15.9 Å². The monoisotopic (exact) mass is 356 g/mol. The van der Waals surface area contributed by atoms with Gasteiger partial charge in [0.05, 0.1) is 4.92 Å². The van der Waals surface area contributed by atoms with Gasteiger partial charge in [-0.1, -0.05) is 42.1 Å². The maximum Gasteiger partial charge on any atom is 0.343 e. The van der Waals surface area contributed by atoms with E-state index in [1.807, 2.05) is 30.3 Å². The standard InChI is InChI=1S/C17H13FN4O2S/c18-13-8-6-12(7-9-13)10-19-16-15(22(23)24)17(21-11-20-16)25-14-4-2-1-3-5-14/h1-9,11H,10H2,(H,19,20,21). The minimum Gasteiger partial charge on any atom is -0.360 e. The summed E-state index contributed by atoms with van der Waals surface area (Å²) in [4.78, 5) is 19.9. The second kappa shape index (κ2) is 7.71. The normalized spacial score (nSPS) is 10.4. The van der Waals surface area contributed by atoms with Crippen molar-refractivity contribution in [2.75, 3.05) is 5.32 Å². The van der Waals surface area contributed by atoms with E-state index < -0.39 is 4.92 Å². The molecule has 3 aromatic rings. The number of anilines is 1. The molecule has 0 amide bonds. The number of benzene rings is 2. The summed E-state index contributed by atoms with van der Waals surface area (Å²) < 4.78 is 12.9. The summed E-state index contributed by atoms with van der Waals surface area (Å²) in [6.07, 6.45) is 1.28. The van der Waals surface area contributed by atoms with Crippen molar-refractivity contribution in [3.63, 3.8) is 0 Å². The molecular formula is C17H13FN4O2S. The quantitative estimate of drug-likeness (QED) is 0.403. The number of aromatic nitrogens is 2. The first-order chi connectivity index (χ1) is 12.1. The third-order valence-electron chi connectivity index (χ3n) is 3.30. The molecule has 8 heteroatoms. The predicted molar refractivity (Wildman–Crippen MR) is 93.0 cm³/mol. The molecule has 25 heavy (non-hydrogen) atoms. The average molecular weight is 356 g/mol. The fraction of sp³-hybridized carbons (Fsp3) is 0.0588. The Kier molecular flexibility index (Phi) is 5.20. The molecular weight excluding hydrogens is 343 g/mol. The van der Waals surface area contributed by atoms with Crippen molar-refractivity contribution in [2.45, 2.75) is 16.5 Å². The third kappa shape index (κ3) is 4.30. The molecule has 3 rings (SSSR count). The SMILES string of the molecule is O=[N+]([O-])c1c(NCc2ccc(F)cc2)ncnc1Sc1ccccc1. The number of halogens is 1. The second-order valence-electron chi connectivity index (χ2n) is 5.03. The number of nitrogens with zero attached hydrogens (tertiary/aromatic N) is 3. The van der Waals surface area contributed by atoms with Crippen LogP contribution in [0.3, 0.4) is 0 Å². The van der Waals surface area contributed by atoms with Crippen molar-refractivity contribution in [3.8, 4) is 0 Å². The molecule has 2 aromatic carbocycles. The van der Waals surface area contributed by atoms with Crippen molar-refractivity contribution >= 4 is 23.3 Å². The van der Waals surface area contributed by atoms with Gasteiger partial charge in [0.2, 0.25) is 5.82 Å². The van der Waals surface area contributed by atoms with E-state index in [1.54, 1.807) is 12.1 Å². The molecule has 0 aliphatic heterocycles. The molecule has 0 aliphatic carbocycles. The van der Waals surface area contributed by atoms with Crippen molar-refractivity contribution in [1.82, 2.24) is 9.97 Å². The first-order valence-electron chi connectivity index (χ1n) is 7.34. The first kappa shape index (κ1) is 16.8. The van der Waals surface area contributed by atoms with Crippen LogP contribution in [0.15, 0.2) is 70.8 Å². The number of nitro groups is 1. The number of hydrogen-bond donors (Lipinski definition) is 1. The van der Waals surface area contributed by atoms with E-state index >= 15 is 0 Å². The van der Waals surface area contributed by atoms with E-state index in [-0.39, 0.29) is 28.9 Å². The Morgan fingerprint density at radius 1 is 1.08 bits per heavy atom. The summed E-state index contributed by atoms with van der Waals surface area (Å²) in [5.41, 5.74) is 0.602. The molecule has 0 fully saturated rings. The van der Waals surface area contributed by atoms with Crippen molar-refractivity contribution in [1.29, 1.82) is 0 Å². The van der Waals surface area contributed by atoms with Gasteiger partial charge < -0.3 is 5.32 Å². The van der Waals surface area contributed by atoms with Gasteiger partial charge in [-0.3, -0.25) is 10.1 Å².